The average molecular weight is 659 g/mol. The maximum absolute atomic E-state index is 13.8. The van der Waals surface area contributed by atoms with Crippen LogP contribution in [0.5, 0.6) is 0 Å². The van der Waals surface area contributed by atoms with E-state index in [4.69, 9.17) is 16.6 Å². The highest BCUT2D eigenvalue weighted by molar-refractivity contribution is 7.90. The van der Waals surface area contributed by atoms with Crippen LogP contribution in [0.2, 0.25) is 0 Å². The van der Waals surface area contributed by atoms with E-state index in [0.717, 1.165) is 78.3 Å². The van der Waals surface area contributed by atoms with E-state index < -0.39 is 10.0 Å². The summed E-state index contributed by atoms with van der Waals surface area (Å²) in [5, 5.41) is 14.0. The van der Waals surface area contributed by atoms with Crippen molar-refractivity contribution in [1.82, 2.24) is 23.6 Å². The number of rotatable bonds is 9. The SMILES string of the molecule is Cc1cc(/C(N)=C/c2c(-c3cnn(C4CCN(C)CC4)c3)cn(S(=O)(=O)c3ccccc3)c2N)cc(C)c1N1CCN(CCO)CC1. The van der Waals surface area contributed by atoms with Gasteiger partial charge < -0.3 is 26.4 Å². The van der Waals surface area contributed by atoms with Crippen molar-refractivity contribution in [1.29, 1.82) is 0 Å². The minimum atomic E-state index is -3.97. The molecular weight excluding hydrogens is 613 g/mol. The van der Waals surface area contributed by atoms with E-state index in [0.29, 0.717) is 23.4 Å². The molecule has 2 aliphatic heterocycles. The summed E-state index contributed by atoms with van der Waals surface area (Å²) in [5.74, 6) is 0.0876. The molecule has 47 heavy (non-hydrogen) atoms. The van der Waals surface area contributed by atoms with Gasteiger partial charge in [0.2, 0.25) is 0 Å². The molecule has 0 amide bonds. The molecule has 4 aromatic rings. The van der Waals surface area contributed by atoms with Crippen LogP contribution in [0.4, 0.5) is 11.5 Å². The molecule has 0 radical (unpaired) electrons. The van der Waals surface area contributed by atoms with Gasteiger partial charge in [-0.25, -0.2) is 12.4 Å². The first kappa shape index (κ1) is 32.8. The largest absolute Gasteiger partial charge is 0.398 e. The summed E-state index contributed by atoms with van der Waals surface area (Å²) in [6.45, 7) is 10.7. The summed E-state index contributed by atoms with van der Waals surface area (Å²) in [5.41, 5.74) is 20.2. The van der Waals surface area contributed by atoms with Crippen LogP contribution in [0.3, 0.4) is 0 Å². The van der Waals surface area contributed by atoms with Gasteiger partial charge in [-0.15, -0.1) is 0 Å². The molecule has 11 nitrogen and oxygen atoms in total. The Morgan fingerprint density at radius 1 is 1.00 bits per heavy atom. The molecule has 2 fully saturated rings. The van der Waals surface area contributed by atoms with E-state index in [1.54, 1.807) is 48.8 Å². The number of aryl methyl sites for hydroxylation is 2. The number of nitrogen functional groups attached to an aromatic ring is 1. The molecule has 0 atom stereocenters. The number of hydrogen-bond donors (Lipinski definition) is 3. The lowest BCUT2D eigenvalue weighted by molar-refractivity contribution is 0.188. The monoisotopic (exact) mass is 658 g/mol. The number of aliphatic hydroxyl groups excluding tert-OH is 1. The molecule has 2 saturated heterocycles. The summed E-state index contributed by atoms with van der Waals surface area (Å²) in [6, 6.07) is 12.7. The molecule has 0 saturated carbocycles. The highest BCUT2D eigenvalue weighted by Gasteiger charge is 2.26. The molecule has 2 aromatic heterocycles. The number of anilines is 2. The molecule has 4 heterocycles. The van der Waals surface area contributed by atoms with Gasteiger partial charge in [0.15, 0.2) is 0 Å². The Kier molecular flexibility index (Phi) is 9.47. The molecule has 2 aliphatic rings. The van der Waals surface area contributed by atoms with E-state index in [2.05, 4.69) is 47.7 Å². The number of aliphatic hydroxyl groups is 1. The molecule has 0 bridgehead atoms. The summed E-state index contributed by atoms with van der Waals surface area (Å²) in [4.78, 5) is 7.14. The maximum atomic E-state index is 13.8. The normalized spacial score (nSPS) is 17.4. The van der Waals surface area contributed by atoms with E-state index in [1.807, 2.05) is 10.9 Å². The summed E-state index contributed by atoms with van der Waals surface area (Å²) < 4.78 is 30.8. The molecular formula is C35H46N8O3S. The standard InChI is InChI=1S/C35H46N8O3S/c1-25-19-27(20-26(2)34(25)41-15-13-40(14-16-41)17-18-44)33(36)21-31-32(28-22-38-42(23-28)29-9-11-39(3)12-10-29)24-43(35(31)37)47(45,46)30-7-5-4-6-8-30/h4-8,19-24,29,44H,9-18,36-37H2,1-3H3/b33-21-. The Morgan fingerprint density at radius 3 is 2.30 bits per heavy atom. The van der Waals surface area contributed by atoms with E-state index in [9.17, 15) is 13.5 Å². The second-order valence-electron chi connectivity index (χ2n) is 12.8. The number of hydrogen-bond acceptors (Lipinski definition) is 9. The lowest BCUT2D eigenvalue weighted by Gasteiger charge is -2.37. The third kappa shape index (κ3) is 6.68. The van der Waals surface area contributed by atoms with Crippen LogP contribution in [0.1, 0.15) is 41.1 Å². The van der Waals surface area contributed by atoms with Crippen LogP contribution >= 0.6 is 0 Å². The van der Waals surface area contributed by atoms with Gasteiger partial charge in [-0.3, -0.25) is 9.58 Å². The van der Waals surface area contributed by atoms with Crippen molar-refractivity contribution in [3.8, 4) is 11.1 Å². The predicted octanol–water partition coefficient (Wildman–Crippen LogP) is 3.63. The van der Waals surface area contributed by atoms with Crippen LogP contribution in [0.15, 0.2) is 66.0 Å². The zero-order valence-electron chi connectivity index (χ0n) is 27.5. The van der Waals surface area contributed by atoms with Gasteiger partial charge >= 0.3 is 0 Å². The number of β-amino-alcohol motifs (C(OH)–C–C–N with tert-alkyl or cyclic N) is 1. The van der Waals surface area contributed by atoms with Crippen molar-refractivity contribution in [3.63, 3.8) is 0 Å². The Hall–Kier alpha value is -4.10. The molecule has 12 heteroatoms. The number of nitrogens with zero attached hydrogens (tertiary/aromatic N) is 6. The van der Waals surface area contributed by atoms with Crippen molar-refractivity contribution in [2.24, 2.45) is 5.73 Å². The van der Waals surface area contributed by atoms with Gasteiger partial charge in [-0.2, -0.15) is 5.10 Å². The second kappa shape index (κ2) is 13.6. The molecule has 5 N–H and O–H groups in total. The van der Waals surface area contributed by atoms with Gasteiger partial charge in [-0.1, -0.05) is 18.2 Å². The fourth-order valence-corrected chi connectivity index (χ4v) is 8.26. The molecule has 6 rings (SSSR count). The number of aromatic nitrogens is 3. The molecule has 0 spiro atoms. The first-order valence-corrected chi connectivity index (χ1v) is 17.7. The number of nitrogens with two attached hydrogens (primary N) is 2. The Balaban J connectivity index is 1.38. The summed E-state index contributed by atoms with van der Waals surface area (Å²) in [7, 11) is -1.84. The average Bonchev–Trinajstić information content (AvgIpc) is 3.67. The first-order valence-electron chi connectivity index (χ1n) is 16.3. The fourth-order valence-electron chi connectivity index (χ4n) is 6.93. The molecule has 2 aromatic carbocycles. The molecule has 0 aliphatic carbocycles. The van der Waals surface area contributed by atoms with Crippen molar-refractivity contribution < 1.29 is 13.5 Å². The van der Waals surface area contributed by atoms with Crippen LogP contribution in [-0.4, -0.2) is 96.5 Å². The van der Waals surface area contributed by atoms with Crippen LogP contribution in [0.25, 0.3) is 22.9 Å². The Morgan fingerprint density at radius 2 is 1.66 bits per heavy atom. The number of piperazine rings is 1. The topological polar surface area (TPSA) is 139 Å². The third-order valence-electron chi connectivity index (χ3n) is 9.55. The van der Waals surface area contributed by atoms with Crippen LogP contribution in [0, 0.1) is 13.8 Å². The molecule has 250 valence electrons. The zero-order chi connectivity index (χ0) is 33.3. The number of likely N-dealkylation sites (tertiary alicyclic amines) is 1. The lowest BCUT2D eigenvalue weighted by atomic mass is 9.99. The minimum absolute atomic E-state index is 0.0876. The number of benzene rings is 2. The first-order chi connectivity index (χ1) is 22.6. The van der Waals surface area contributed by atoms with Gasteiger partial charge in [0.05, 0.1) is 23.7 Å². The summed E-state index contributed by atoms with van der Waals surface area (Å²) in [6.07, 6.45) is 9.13. The van der Waals surface area contributed by atoms with E-state index in [1.165, 1.54) is 5.69 Å². The smallest absolute Gasteiger partial charge is 0.269 e. The Labute approximate surface area is 277 Å². The minimum Gasteiger partial charge on any atom is -0.398 e. The predicted molar refractivity (Wildman–Crippen MR) is 189 cm³/mol. The van der Waals surface area contributed by atoms with Crippen LogP contribution in [-0.2, 0) is 10.0 Å². The van der Waals surface area contributed by atoms with Gasteiger partial charge in [-0.05, 0) is 93.9 Å². The van der Waals surface area contributed by atoms with Crippen molar-refractivity contribution >= 4 is 33.3 Å². The van der Waals surface area contributed by atoms with Crippen molar-refractivity contribution in [2.45, 2.75) is 37.6 Å². The third-order valence-corrected chi connectivity index (χ3v) is 11.2. The highest BCUT2D eigenvalue weighted by atomic mass is 32.2. The molecule has 0 unspecified atom stereocenters. The van der Waals surface area contributed by atoms with Gasteiger partial charge in [0, 0.05) is 73.2 Å². The van der Waals surface area contributed by atoms with E-state index >= 15 is 0 Å². The summed E-state index contributed by atoms with van der Waals surface area (Å²) >= 11 is 0. The van der Waals surface area contributed by atoms with Crippen LogP contribution < -0.4 is 16.4 Å². The Bertz CT molecular complexity index is 1830. The van der Waals surface area contributed by atoms with Crippen molar-refractivity contribution in [3.05, 3.63) is 83.3 Å². The van der Waals surface area contributed by atoms with Crippen molar-refractivity contribution in [2.75, 3.05) is 70.1 Å². The number of piperidine rings is 1. The lowest BCUT2D eigenvalue weighted by Crippen LogP contribution is -2.47. The maximum Gasteiger partial charge on any atom is 0.269 e. The highest BCUT2D eigenvalue weighted by Crippen LogP contribution is 2.37. The zero-order valence-corrected chi connectivity index (χ0v) is 28.3. The second-order valence-corrected chi connectivity index (χ2v) is 14.6. The quantitative estimate of drug-likeness (QED) is 0.246. The van der Waals surface area contributed by atoms with Gasteiger partial charge in [0.1, 0.15) is 5.82 Å². The fraction of sp³-hybridized carbons (Fsp3) is 0.400. The van der Waals surface area contributed by atoms with E-state index in [-0.39, 0.29) is 23.4 Å². The van der Waals surface area contributed by atoms with Gasteiger partial charge in [0.25, 0.3) is 10.0 Å².